The average Bonchev–Trinajstić information content (AvgIpc) is 3.15. The van der Waals surface area contributed by atoms with Crippen LogP contribution in [0.3, 0.4) is 0 Å². The van der Waals surface area contributed by atoms with Crippen molar-refractivity contribution in [1.82, 2.24) is 4.98 Å². The molecule has 0 N–H and O–H groups in total. The van der Waals surface area contributed by atoms with E-state index in [-0.39, 0.29) is 0 Å². The molecule has 2 aromatic carbocycles. The van der Waals surface area contributed by atoms with Crippen molar-refractivity contribution in [3.63, 3.8) is 0 Å². The van der Waals surface area contributed by atoms with Gasteiger partial charge in [-0.2, -0.15) is 0 Å². The van der Waals surface area contributed by atoms with Crippen LogP contribution in [-0.2, 0) is 16.3 Å². The van der Waals surface area contributed by atoms with Gasteiger partial charge in [-0.05, 0) is 48.7 Å². The molecule has 4 rings (SSSR count). The molecule has 1 aliphatic rings. The quantitative estimate of drug-likeness (QED) is 0.462. The van der Waals surface area contributed by atoms with Crippen LogP contribution in [0.4, 0.5) is 18.3 Å². The van der Waals surface area contributed by atoms with E-state index in [0.717, 1.165) is 23.0 Å². The van der Waals surface area contributed by atoms with Gasteiger partial charge in [-0.25, -0.2) is 26.6 Å². The van der Waals surface area contributed by atoms with Crippen molar-refractivity contribution in [1.29, 1.82) is 0 Å². The van der Waals surface area contributed by atoms with Gasteiger partial charge in [-0.15, -0.1) is 11.3 Å². The summed E-state index contributed by atoms with van der Waals surface area (Å²) in [4.78, 5) is 6.11. The Kier molecular flexibility index (Phi) is 6.27. The second-order valence-corrected chi connectivity index (χ2v) is 10.9. The van der Waals surface area contributed by atoms with Crippen molar-refractivity contribution in [3.8, 4) is 0 Å². The minimum atomic E-state index is -3.89. The second kappa shape index (κ2) is 8.80. The first kappa shape index (κ1) is 22.1. The van der Waals surface area contributed by atoms with Crippen LogP contribution in [0.5, 0.6) is 0 Å². The molecule has 164 valence electrons. The molecule has 0 saturated carbocycles. The molecule has 1 aliphatic heterocycles. The van der Waals surface area contributed by atoms with Gasteiger partial charge in [0, 0.05) is 36.0 Å². The first-order valence-electron chi connectivity index (χ1n) is 9.55. The van der Waals surface area contributed by atoms with Crippen molar-refractivity contribution in [3.05, 3.63) is 75.5 Å². The van der Waals surface area contributed by atoms with E-state index in [2.05, 4.69) is 4.98 Å². The van der Waals surface area contributed by atoms with E-state index in [4.69, 9.17) is 11.6 Å². The lowest BCUT2D eigenvalue weighted by molar-refractivity contribution is 0.516. The highest BCUT2D eigenvalue weighted by atomic mass is 35.5. The van der Waals surface area contributed by atoms with Gasteiger partial charge in [0.15, 0.2) is 15.0 Å². The molecule has 10 heteroatoms. The Labute approximate surface area is 187 Å². The lowest BCUT2D eigenvalue weighted by Gasteiger charge is -2.31. The van der Waals surface area contributed by atoms with Crippen LogP contribution in [0.25, 0.3) is 0 Å². The van der Waals surface area contributed by atoms with Gasteiger partial charge in [0.05, 0.1) is 10.9 Å². The third-order valence-electron chi connectivity index (χ3n) is 5.20. The zero-order chi connectivity index (χ0) is 22.2. The number of rotatable bonds is 5. The van der Waals surface area contributed by atoms with Crippen molar-refractivity contribution in [2.24, 2.45) is 0 Å². The van der Waals surface area contributed by atoms with Crippen LogP contribution < -0.4 is 4.90 Å². The summed E-state index contributed by atoms with van der Waals surface area (Å²) in [6.07, 6.45) is 1.06. The van der Waals surface area contributed by atoms with Gasteiger partial charge in [-0.1, -0.05) is 11.6 Å². The number of benzene rings is 2. The summed E-state index contributed by atoms with van der Waals surface area (Å²) in [6, 6.07) is 6.87. The Morgan fingerprint density at radius 3 is 2.48 bits per heavy atom. The molecule has 3 aromatic rings. The number of hydrogen-bond donors (Lipinski definition) is 0. The number of piperidine rings is 1. The minimum absolute atomic E-state index is 0.313. The number of halogens is 4. The third-order valence-corrected chi connectivity index (χ3v) is 8.66. The molecule has 0 spiro atoms. The van der Waals surface area contributed by atoms with E-state index in [9.17, 15) is 21.6 Å². The lowest BCUT2D eigenvalue weighted by Crippen LogP contribution is -2.39. The Hall–Kier alpha value is -2.10. The zero-order valence-corrected chi connectivity index (χ0v) is 18.6. The first-order valence-corrected chi connectivity index (χ1v) is 12.4. The standard InChI is InChI=1S/C21H18ClF3N2O2S2/c22-14-7-13(8-16(24)10-14)9-17-12-30-21(26-17)27-5-3-18(4-6-27)31(28,29)20-2-1-15(23)11-19(20)25/h1-2,7-8,10-12,18H,3-6,9H2. The maximum atomic E-state index is 14.0. The number of thiazole rings is 1. The monoisotopic (exact) mass is 486 g/mol. The van der Waals surface area contributed by atoms with E-state index in [1.807, 2.05) is 10.3 Å². The van der Waals surface area contributed by atoms with Crippen LogP contribution in [0.15, 0.2) is 46.7 Å². The topological polar surface area (TPSA) is 50.3 Å². The molecule has 31 heavy (non-hydrogen) atoms. The number of anilines is 1. The maximum Gasteiger partial charge on any atom is 0.185 e. The number of nitrogens with zero attached hydrogens (tertiary/aromatic N) is 2. The molecule has 2 heterocycles. The Morgan fingerprint density at radius 2 is 1.81 bits per heavy atom. The third kappa shape index (κ3) is 4.88. The van der Waals surface area contributed by atoms with Crippen molar-refractivity contribution >= 4 is 37.9 Å². The molecule has 0 bridgehead atoms. The molecular weight excluding hydrogens is 469 g/mol. The molecule has 1 aromatic heterocycles. The van der Waals surface area contributed by atoms with Gasteiger partial charge in [0.2, 0.25) is 0 Å². The summed E-state index contributed by atoms with van der Waals surface area (Å²) >= 11 is 7.33. The first-order chi connectivity index (χ1) is 14.7. The zero-order valence-electron chi connectivity index (χ0n) is 16.2. The smallest absolute Gasteiger partial charge is 0.185 e. The Balaban J connectivity index is 1.42. The van der Waals surface area contributed by atoms with Crippen LogP contribution in [0.1, 0.15) is 24.1 Å². The predicted molar refractivity (Wildman–Crippen MR) is 115 cm³/mol. The van der Waals surface area contributed by atoms with Crippen molar-refractivity contribution in [2.45, 2.75) is 29.4 Å². The highest BCUT2D eigenvalue weighted by Gasteiger charge is 2.34. The number of hydrogen-bond acceptors (Lipinski definition) is 5. The molecule has 0 radical (unpaired) electrons. The maximum absolute atomic E-state index is 14.0. The predicted octanol–water partition coefficient (Wildman–Crippen LogP) is 5.25. The van der Waals surface area contributed by atoms with Crippen molar-refractivity contribution < 1.29 is 21.6 Å². The lowest BCUT2D eigenvalue weighted by atomic mass is 10.1. The van der Waals surface area contributed by atoms with E-state index in [0.29, 0.717) is 49.0 Å². The molecule has 0 atom stereocenters. The normalized spacial score (nSPS) is 15.4. The molecule has 0 unspecified atom stereocenters. The fourth-order valence-corrected chi connectivity index (χ4v) is 6.59. The fourth-order valence-electron chi connectivity index (χ4n) is 3.69. The van der Waals surface area contributed by atoms with Gasteiger partial charge in [0.1, 0.15) is 22.3 Å². The molecule has 1 saturated heterocycles. The summed E-state index contributed by atoms with van der Waals surface area (Å²) in [5.41, 5.74) is 1.48. The highest BCUT2D eigenvalue weighted by molar-refractivity contribution is 7.92. The van der Waals surface area contributed by atoms with E-state index < -0.39 is 37.4 Å². The highest BCUT2D eigenvalue weighted by Crippen LogP contribution is 2.31. The molecule has 0 amide bonds. The number of aromatic nitrogens is 1. The SMILES string of the molecule is O=S(=O)(c1ccc(F)cc1F)C1CCN(c2nc(Cc3cc(F)cc(Cl)c3)cs2)CC1. The van der Waals surface area contributed by atoms with Crippen molar-refractivity contribution in [2.75, 3.05) is 18.0 Å². The minimum Gasteiger partial charge on any atom is -0.348 e. The number of sulfone groups is 1. The summed E-state index contributed by atoms with van der Waals surface area (Å²) in [5.74, 6) is -2.28. The van der Waals surface area contributed by atoms with Crippen LogP contribution in [0.2, 0.25) is 5.02 Å². The average molecular weight is 487 g/mol. The summed E-state index contributed by atoms with van der Waals surface area (Å²) in [7, 11) is -3.89. The second-order valence-electron chi connectivity index (χ2n) is 7.38. The Morgan fingerprint density at radius 1 is 1.06 bits per heavy atom. The largest absolute Gasteiger partial charge is 0.348 e. The van der Waals surface area contributed by atoms with E-state index in [1.165, 1.54) is 23.5 Å². The summed E-state index contributed by atoms with van der Waals surface area (Å²) < 4.78 is 66.2. The summed E-state index contributed by atoms with van der Waals surface area (Å²) in [6.45, 7) is 0.900. The molecule has 4 nitrogen and oxygen atoms in total. The summed E-state index contributed by atoms with van der Waals surface area (Å²) in [5, 5.41) is 2.22. The van der Waals surface area contributed by atoms with Gasteiger partial charge >= 0.3 is 0 Å². The molecular formula is C21H18ClF3N2O2S2. The van der Waals surface area contributed by atoms with E-state index >= 15 is 0 Å². The Bertz CT molecular complexity index is 1190. The van der Waals surface area contributed by atoms with Crippen LogP contribution in [-0.4, -0.2) is 31.7 Å². The molecule has 0 aliphatic carbocycles. The van der Waals surface area contributed by atoms with Crippen LogP contribution in [0, 0.1) is 17.5 Å². The van der Waals surface area contributed by atoms with Crippen LogP contribution >= 0.6 is 22.9 Å². The van der Waals surface area contributed by atoms with Gasteiger partial charge < -0.3 is 4.90 Å². The van der Waals surface area contributed by atoms with E-state index in [1.54, 1.807) is 6.07 Å². The van der Waals surface area contributed by atoms with Gasteiger partial charge in [0.25, 0.3) is 0 Å². The molecule has 1 fully saturated rings. The van der Waals surface area contributed by atoms with Gasteiger partial charge in [-0.3, -0.25) is 0 Å². The fraction of sp³-hybridized carbons (Fsp3) is 0.286.